The monoisotopic (exact) mass is 360 g/mol. The molecule has 1 fully saturated rings. The smallest absolute Gasteiger partial charge is 0.0925 e. The van der Waals surface area contributed by atoms with Crippen molar-refractivity contribution in [3.63, 3.8) is 0 Å². The Bertz CT molecular complexity index is 331. The summed E-state index contributed by atoms with van der Waals surface area (Å²) in [5.74, 6) is 0. The number of hydrogen-bond donors (Lipinski definition) is 0. The molecule has 3 heteroatoms. The van der Waals surface area contributed by atoms with Gasteiger partial charge in [-0.3, -0.25) is 0 Å². The van der Waals surface area contributed by atoms with Crippen molar-refractivity contribution in [1.29, 1.82) is 0 Å². The molecule has 1 unspecified atom stereocenters. The molecular formula is C14H18Br2O. The summed E-state index contributed by atoms with van der Waals surface area (Å²) in [5, 5.41) is 0.866. The summed E-state index contributed by atoms with van der Waals surface area (Å²) >= 11 is 7.02. The molecule has 0 spiro atoms. The molecule has 0 saturated heterocycles. The summed E-state index contributed by atoms with van der Waals surface area (Å²) in [6, 6.07) is 8.43. The topological polar surface area (TPSA) is 9.23 Å². The first-order valence-electron chi connectivity index (χ1n) is 6.26. The third-order valence-corrected chi connectivity index (χ3v) is 4.41. The number of halogens is 2. The molecule has 0 heterocycles. The standard InChI is InChI=1S/C14H18Br2O/c15-10-14(11-6-8-12(16)9-7-11)17-13-4-2-1-3-5-13/h6-9,13-14H,1-5,10H2. The molecule has 0 bridgehead atoms. The zero-order valence-electron chi connectivity index (χ0n) is 9.87. The van der Waals surface area contributed by atoms with E-state index >= 15 is 0 Å². The molecule has 0 aliphatic heterocycles. The molecule has 2 rings (SSSR count). The molecule has 1 nitrogen and oxygen atoms in total. The van der Waals surface area contributed by atoms with Crippen LogP contribution in [0.4, 0.5) is 0 Å². The van der Waals surface area contributed by atoms with Gasteiger partial charge in [0.25, 0.3) is 0 Å². The maximum atomic E-state index is 6.20. The number of benzene rings is 1. The fourth-order valence-electron chi connectivity index (χ4n) is 2.31. The molecule has 0 N–H and O–H groups in total. The van der Waals surface area contributed by atoms with Crippen molar-refractivity contribution in [2.24, 2.45) is 0 Å². The highest BCUT2D eigenvalue weighted by molar-refractivity contribution is 9.10. The molecule has 1 aliphatic carbocycles. The molecule has 17 heavy (non-hydrogen) atoms. The highest BCUT2D eigenvalue weighted by atomic mass is 79.9. The van der Waals surface area contributed by atoms with Crippen LogP contribution in [0, 0.1) is 0 Å². The van der Waals surface area contributed by atoms with E-state index in [1.54, 1.807) is 0 Å². The highest BCUT2D eigenvalue weighted by Gasteiger charge is 2.19. The van der Waals surface area contributed by atoms with Gasteiger partial charge in [0.05, 0.1) is 12.2 Å². The van der Waals surface area contributed by atoms with Gasteiger partial charge < -0.3 is 4.74 Å². The molecular weight excluding hydrogens is 344 g/mol. The summed E-state index contributed by atoms with van der Waals surface area (Å²) in [4.78, 5) is 0. The zero-order valence-corrected chi connectivity index (χ0v) is 13.0. The number of hydrogen-bond acceptors (Lipinski definition) is 1. The summed E-state index contributed by atoms with van der Waals surface area (Å²) in [6.45, 7) is 0. The molecule has 94 valence electrons. The molecule has 1 aromatic carbocycles. The van der Waals surface area contributed by atoms with Gasteiger partial charge >= 0.3 is 0 Å². The van der Waals surface area contributed by atoms with Crippen LogP contribution in [0.25, 0.3) is 0 Å². The van der Waals surface area contributed by atoms with Crippen LogP contribution in [0.15, 0.2) is 28.7 Å². The Kier molecular flexibility index (Phi) is 5.51. The van der Waals surface area contributed by atoms with Gasteiger partial charge in [-0.15, -0.1) is 0 Å². The lowest BCUT2D eigenvalue weighted by atomic mass is 9.97. The van der Waals surface area contributed by atoms with Crippen molar-refractivity contribution in [2.45, 2.75) is 44.3 Å². The van der Waals surface area contributed by atoms with Crippen molar-refractivity contribution in [1.82, 2.24) is 0 Å². The Labute approximate surface area is 120 Å². The maximum absolute atomic E-state index is 6.20. The van der Waals surface area contributed by atoms with Crippen LogP contribution in [0.3, 0.4) is 0 Å². The van der Waals surface area contributed by atoms with Crippen LogP contribution in [0.1, 0.15) is 43.8 Å². The van der Waals surface area contributed by atoms with Crippen molar-refractivity contribution >= 4 is 31.9 Å². The van der Waals surface area contributed by atoms with E-state index in [2.05, 4.69) is 56.1 Å². The van der Waals surface area contributed by atoms with E-state index in [1.807, 2.05) is 0 Å². The van der Waals surface area contributed by atoms with Gasteiger partial charge in [0, 0.05) is 9.80 Å². The van der Waals surface area contributed by atoms with Crippen LogP contribution in [-0.4, -0.2) is 11.4 Å². The Hall–Kier alpha value is 0.140. The lowest BCUT2D eigenvalue weighted by molar-refractivity contribution is -0.0193. The summed E-state index contributed by atoms with van der Waals surface area (Å²) < 4.78 is 7.32. The highest BCUT2D eigenvalue weighted by Crippen LogP contribution is 2.28. The minimum Gasteiger partial charge on any atom is -0.369 e. The minimum atomic E-state index is 0.186. The fourth-order valence-corrected chi connectivity index (χ4v) is 3.11. The Morgan fingerprint density at radius 2 is 1.76 bits per heavy atom. The molecule has 0 amide bonds. The second-order valence-corrected chi connectivity index (χ2v) is 6.15. The number of ether oxygens (including phenoxy) is 1. The minimum absolute atomic E-state index is 0.186. The van der Waals surface area contributed by atoms with Crippen LogP contribution in [-0.2, 0) is 4.74 Å². The van der Waals surface area contributed by atoms with Crippen molar-refractivity contribution in [3.8, 4) is 0 Å². The van der Waals surface area contributed by atoms with Crippen LogP contribution < -0.4 is 0 Å². The van der Waals surface area contributed by atoms with Gasteiger partial charge in [-0.1, -0.05) is 63.3 Å². The van der Waals surface area contributed by atoms with Crippen molar-refractivity contribution in [2.75, 3.05) is 5.33 Å². The van der Waals surface area contributed by atoms with Gasteiger partial charge in [0.1, 0.15) is 0 Å². The van der Waals surface area contributed by atoms with Gasteiger partial charge in [0.2, 0.25) is 0 Å². The van der Waals surface area contributed by atoms with Gasteiger partial charge in [0.15, 0.2) is 0 Å². The molecule has 1 aliphatic rings. The normalized spacial score (nSPS) is 19.2. The van der Waals surface area contributed by atoms with E-state index in [-0.39, 0.29) is 6.10 Å². The first-order chi connectivity index (χ1) is 8.29. The summed E-state index contributed by atoms with van der Waals surface area (Å²) in [7, 11) is 0. The van der Waals surface area contributed by atoms with Crippen LogP contribution >= 0.6 is 31.9 Å². The van der Waals surface area contributed by atoms with E-state index in [4.69, 9.17) is 4.74 Å². The van der Waals surface area contributed by atoms with E-state index in [0.717, 1.165) is 9.80 Å². The lowest BCUT2D eigenvalue weighted by Crippen LogP contribution is -2.20. The third kappa shape index (κ3) is 4.08. The SMILES string of the molecule is BrCC(OC1CCCCC1)c1ccc(Br)cc1. The number of rotatable bonds is 4. The Balaban J connectivity index is 1.97. The first-order valence-corrected chi connectivity index (χ1v) is 8.18. The van der Waals surface area contributed by atoms with Crippen LogP contribution in [0.2, 0.25) is 0 Å². The molecule has 0 radical (unpaired) electrons. The second-order valence-electron chi connectivity index (χ2n) is 4.59. The zero-order chi connectivity index (χ0) is 12.1. The quantitative estimate of drug-likeness (QED) is 0.666. The third-order valence-electron chi connectivity index (χ3n) is 3.29. The number of alkyl halides is 1. The predicted molar refractivity (Wildman–Crippen MR) is 78.6 cm³/mol. The van der Waals surface area contributed by atoms with E-state index in [0.29, 0.717) is 6.10 Å². The predicted octanol–water partition coefficient (Wildman–Crippen LogP) is 5.23. The average Bonchev–Trinajstić information content (AvgIpc) is 2.38. The summed E-state index contributed by atoms with van der Waals surface area (Å²) in [5.41, 5.74) is 1.26. The molecule has 1 saturated carbocycles. The largest absolute Gasteiger partial charge is 0.369 e. The first kappa shape index (κ1) is 13.6. The van der Waals surface area contributed by atoms with Gasteiger partial charge in [-0.2, -0.15) is 0 Å². The van der Waals surface area contributed by atoms with Crippen LogP contribution in [0.5, 0.6) is 0 Å². The summed E-state index contributed by atoms with van der Waals surface area (Å²) in [6.07, 6.45) is 7.10. The van der Waals surface area contributed by atoms with Crippen molar-refractivity contribution in [3.05, 3.63) is 34.3 Å². The molecule has 0 aromatic heterocycles. The van der Waals surface area contributed by atoms with Gasteiger partial charge in [-0.25, -0.2) is 0 Å². The lowest BCUT2D eigenvalue weighted by Gasteiger charge is -2.27. The Morgan fingerprint density at radius 1 is 1.12 bits per heavy atom. The fraction of sp³-hybridized carbons (Fsp3) is 0.571. The maximum Gasteiger partial charge on any atom is 0.0925 e. The van der Waals surface area contributed by atoms with Gasteiger partial charge in [-0.05, 0) is 30.5 Å². The molecule has 1 aromatic rings. The molecule has 1 atom stereocenters. The van der Waals surface area contributed by atoms with E-state index in [1.165, 1.54) is 37.7 Å². The second kappa shape index (κ2) is 6.91. The Morgan fingerprint density at radius 3 is 2.35 bits per heavy atom. The van der Waals surface area contributed by atoms with E-state index < -0.39 is 0 Å². The van der Waals surface area contributed by atoms with E-state index in [9.17, 15) is 0 Å². The average molecular weight is 362 g/mol. The van der Waals surface area contributed by atoms with Crippen molar-refractivity contribution < 1.29 is 4.74 Å².